The highest BCUT2D eigenvalue weighted by Gasteiger charge is 2.71. The summed E-state index contributed by atoms with van der Waals surface area (Å²) in [5.74, 6) is 6.07. The van der Waals surface area contributed by atoms with Crippen molar-refractivity contribution in [2.24, 2.45) is 23.7 Å². The van der Waals surface area contributed by atoms with Gasteiger partial charge in [-0.05, 0) is 43.1 Å². The molecule has 1 saturated carbocycles. The van der Waals surface area contributed by atoms with Gasteiger partial charge in [0.1, 0.15) is 11.4 Å². The largest absolute Gasteiger partial charge is 0.485 e. The lowest BCUT2D eigenvalue weighted by atomic mass is 9.56. The summed E-state index contributed by atoms with van der Waals surface area (Å²) in [6.07, 6.45) is 5.04. The van der Waals surface area contributed by atoms with Crippen molar-refractivity contribution in [3.63, 3.8) is 0 Å². The van der Waals surface area contributed by atoms with Crippen molar-refractivity contribution < 1.29 is 24.9 Å². The number of aliphatic carboxylic acids is 1. The smallest absolute Gasteiger partial charge is 0.303 e. The van der Waals surface area contributed by atoms with Crippen molar-refractivity contribution in [3.05, 3.63) is 41.5 Å². The monoisotopic (exact) mass is 482 g/mol. The third kappa shape index (κ3) is 4.63. The minimum Gasteiger partial charge on any atom is -0.485 e. The molecule has 6 unspecified atom stereocenters. The molecule has 3 rings (SSSR count). The van der Waals surface area contributed by atoms with Gasteiger partial charge in [0.25, 0.3) is 0 Å². The number of rotatable bonds is 10. The van der Waals surface area contributed by atoms with E-state index in [1.165, 1.54) is 0 Å². The molecule has 0 bridgehead atoms. The highest BCUT2D eigenvalue weighted by Crippen LogP contribution is 2.67. The lowest BCUT2D eigenvalue weighted by molar-refractivity contribution is -0.137. The van der Waals surface area contributed by atoms with Gasteiger partial charge in [-0.15, -0.1) is 11.8 Å². The summed E-state index contributed by atoms with van der Waals surface area (Å²) in [6.45, 7) is 12.5. The summed E-state index contributed by atoms with van der Waals surface area (Å²) < 4.78 is 6.92. The molecule has 5 heteroatoms. The van der Waals surface area contributed by atoms with E-state index in [9.17, 15) is 15.0 Å². The van der Waals surface area contributed by atoms with Gasteiger partial charge >= 0.3 is 5.97 Å². The van der Waals surface area contributed by atoms with Gasteiger partial charge in [0.05, 0.1) is 17.6 Å². The minimum absolute atomic E-state index is 0.00458. The maximum atomic E-state index is 11.4. The van der Waals surface area contributed by atoms with Crippen LogP contribution in [0.1, 0.15) is 78.4 Å². The predicted octanol–water partition coefficient (Wildman–Crippen LogP) is 5.12. The molecule has 1 aromatic rings. The fourth-order valence-corrected chi connectivity index (χ4v) is 6.67. The van der Waals surface area contributed by atoms with Gasteiger partial charge in [-0.3, -0.25) is 4.79 Å². The first kappa shape index (κ1) is 27.3. The number of aliphatic hydroxyl groups excluding tert-OH is 2. The van der Waals surface area contributed by atoms with Crippen LogP contribution >= 0.6 is 0 Å². The number of carbonyl (C=O) groups is 1. The number of ether oxygens (including phenoxy) is 1. The molecule has 5 nitrogen and oxygen atoms in total. The second-order valence-corrected chi connectivity index (χ2v) is 11.0. The number of para-hydroxylation sites is 1. The third-order valence-electron chi connectivity index (χ3n) is 8.36. The van der Waals surface area contributed by atoms with Crippen LogP contribution < -0.4 is 4.74 Å². The van der Waals surface area contributed by atoms with Gasteiger partial charge in [0.2, 0.25) is 0 Å². The lowest BCUT2D eigenvalue weighted by Gasteiger charge is -2.47. The topological polar surface area (TPSA) is 87.0 Å². The lowest BCUT2D eigenvalue weighted by Crippen LogP contribution is -2.56. The first-order chi connectivity index (χ1) is 16.5. The Kier molecular flexibility index (Phi) is 8.40. The molecule has 0 aromatic heterocycles. The van der Waals surface area contributed by atoms with E-state index in [1.807, 2.05) is 31.2 Å². The average molecular weight is 483 g/mol. The van der Waals surface area contributed by atoms with Crippen LogP contribution in [-0.2, 0) is 16.6 Å². The van der Waals surface area contributed by atoms with Gasteiger partial charge in [-0.2, -0.15) is 0 Å². The number of carboxylic acids is 1. The highest BCUT2D eigenvalue weighted by molar-refractivity contribution is 5.66. The van der Waals surface area contributed by atoms with Crippen molar-refractivity contribution in [3.8, 4) is 17.6 Å². The number of aryl methyl sites for hydroxylation is 1. The molecule has 1 heterocycles. The second kappa shape index (κ2) is 10.8. The maximum absolute atomic E-state index is 11.4. The van der Waals surface area contributed by atoms with Crippen LogP contribution in [0.15, 0.2) is 30.4 Å². The molecular formula is C30H42O5. The maximum Gasteiger partial charge on any atom is 0.303 e. The van der Waals surface area contributed by atoms with E-state index in [0.717, 1.165) is 16.9 Å². The number of hydrogen-bond acceptors (Lipinski definition) is 4. The number of hydrogen-bond donors (Lipinski definition) is 3. The van der Waals surface area contributed by atoms with Crippen molar-refractivity contribution >= 4 is 5.97 Å². The predicted molar refractivity (Wildman–Crippen MR) is 138 cm³/mol. The Hall–Kier alpha value is -2.29. The Labute approximate surface area is 210 Å². The van der Waals surface area contributed by atoms with Crippen LogP contribution in [0.3, 0.4) is 0 Å². The quantitative estimate of drug-likeness (QED) is 0.318. The Morgan fingerprint density at radius 3 is 2.54 bits per heavy atom. The zero-order valence-corrected chi connectivity index (χ0v) is 22.0. The van der Waals surface area contributed by atoms with E-state index in [2.05, 4.69) is 45.6 Å². The van der Waals surface area contributed by atoms with Crippen LogP contribution in [0.25, 0.3) is 0 Å². The molecule has 1 aliphatic heterocycles. The summed E-state index contributed by atoms with van der Waals surface area (Å²) in [5.41, 5.74) is 1.06. The summed E-state index contributed by atoms with van der Waals surface area (Å²) >= 11 is 0. The summed E-state index contributed by atoms with van der Waals surface area (Å²) in [7, 11) is 0. The van der Waals surface area contributed by atoms with Gasteiger partial charge in [0.15, 0.2) is 0 Å². The van der Waals surface area contributed by atoms with Crippen LogP contribution in [0.2, 0.25) is 0 Å². The van der Waals surface area contributed by atoms with Crippen molar-refractivity contribution in [1.29, 1.82) is 0 Å². The summed E-state index contributed by atoms with van der Waals surface area (Å²) in [5, 5.41) is 31.3. The van der Waals surface area contributed by atoms with Crippen molar-refractivity contribution in [2.45, 2.75) is 96.9 Å². The van der Waals surface area contributed by atoms with Crippen molar-refractivity contribution in [2.75, 3.05) is 0 Å². The normalized spacial score (nSPS) is 29.0. The Balaban J connectivity index is 2.09. The summed E-state index contributed by atoms with van der Waals surface area (Å²) in [6, 6.07) is 6.19. The van der Waals surface area contributed by atoms with E-state index in [0.29, 0.717) is 25.7 Å². The minimum atomic E-state index is -0.793. The Bertz CT molecular complexity index is 1000. The average Bonchev–Trinajstić information content (AvgIpc) is 3.23. The van der Waals surface area contributed by atoms with Crippen LogP contribution in [0.5, 0.6) is 5.75 Å². The number of carboxylic acid groups (broad SMARTS) is 1. The molecule has 0 radical (unpaired) electrons. The number of benzene rings is 1. The van der Waals surface area contributed by atoms with E-state index in [4.69, 9.17) is 9.84 Å². The van der Waals surface area contributed by atoms with E-state index in [-0.39, 0.29) is 30.1 Å². The first-order valence-electron chi connectivity index (χ1n) is 13.0. The van der Waals surface area contributed by atoms with E-state index in [1.54, 1.807) is 6.92 Å². The molecular weight excluding hydrogens is 440 g/mol. The zero-order chi connectivity index (χ0) is 26.0. The zero-order valence-electron chi connectivity index (χ0n) is 22.0. The molecule has 1 aromatic carbocycles. The Morgan fingerprint density at radius 1 is 1.23 bits per heavy atom. The molecule has 0 spiro atoms. The fraction of sp³-hybridized carbons (Fsp3) is 0.633. The van der Waals surface area contributed by atoms with Gasteiger partial charge in [-0.1, -0.05) is 65.0 Å². The first-order valence-corrected chi connectivity index (χ1v) is 13.0. The Morgan fingerprint density at radius 2 is 1.94 bits per heavy atom. The second-order valence-electron chi connectivity index (χ2n) is 11.0. The third-order valence-corrected chi connectivity index (χ3v) is 8.36. The van der Waals surface area contributed by atoms with Crippen LogP contribution in [0.4, 0.5) is 0 Å². The molecule has 2 aliphatic rings. The van der Waals surface area contributed by atoms with Gasteiger partial charge in [0, 0.05) is 30.7 Å². The molecule has 1 fully saturated rings. The van der Waals surface area contributed by atoms with Gasteiger partial charge in [-0.25, -0.2) is 0 Å². The molecule has 0 amide bonds. The van der Waals surface area contributed by atoms with Gasteiger partial charge < -0.3 is 20.1 Å². The van der Waals surface area contributed by atoms with Crippen molar-refractivity contribution in [1.82, 2.24) is 0 Å². The molecule has 3 N–H and O–H groups in total. The SMILES string of the molecule is CC#CCC(C)C(O)/C=C/C1C(O)CC2(C(C)C)Oc3c(CCCC(=O)O)cccc3C12C(C)C. The van der Waals surface area contributed by atoms with Crippen LogP contribution in [0, 0.1) is 35.5 Å². The fourth-order valence-electron chi connectivity index (χ4n) is 6.67. The standard InChI is InChI=1S/C30H42O5/c1-7-8-11-21(6)25(31)17-16-23-26(32)18-29(19(2)3)30(23,20(4)5)24-14-9-12-22(28(24)35-29)13-10-15-27(33)34/h9,12,14,16-17,19-21,23,25-26,31-32H,10-11,13,15,18H2,1-6H3,(H,33,34)/b17-16+. The van der Waals surface area contributed by atoms with E-state index >= 15 is 0 Å². The molecule has 1 aliphatic carbocycles. The molecule has 192 valence electrons. The summed E-state index contributed by atoms with van der Waals surface area (Å²) in [4.78, 5) is 11.1. The van der Waals surface area contributed by atoms with Crippen LogP contribution in [-0.4, -0.2) is 39.1 Å². The number of aliphatic hydroxyl groups is 2. The van der Waals surface area contributed by atoms with E-state index < -0.39 is 29.2 Å². The molecule has 0 saturated heterocycles. The molecule has 35 heavy (non-hydrogen) atoms. The molecule has 6 atom stereocenters. The number of fused-ring (bicyclic) bond motifs is 3. The highest BCUT2D eigenvalue weighted by atomic mass is 16.5.